The lowest BCUT2D eigenvalue weighted by Crippen LogP contribution is -2.59. The largest absolute Gasteiger partial charge is 0.474 e. The Hall–Kier alpha value is -1.58. The second-order valence-electron chi connectivity index (χ2n) is 7.68. The van der Waals surface area contributed by atoms with E-state index in [9.17, 15) is 18.0 Å². The second kappa shape index (κ2) is 9.49. The monoisotopic (exact) mass is 453 g/mol. The summed E-state index contributed by atoms with van der Waals surface area (Å²) in [6.07, 6.45) is -8.76. The summed E-state index contributed by atoms with van der Waals surface area (Å²) in [5.74, 6) is 0. The van der Waals surface area contributed by atoms with Gasteiger partial charge in [0.2, 0.25) is 6.10 Å². The fourth-order valence-corrected chi connectivity index (χ4v) is 3.19. The molecule has 1 amide bonds. The topological polar surface area (TPSA) is 48.0 Å². The third-order valence-electron chi connectivity index (χ3n) is 4.20. The number of carbonyl (C=O) groups is 1. The number of halogens is 4. The Balaban J connectivity index is 2.24. The average molecular weight is 454 g/mol. The van der Waals surface area contributed by atoms with Crippen molar-refractivity contribution in [1.82, 2.24) is 4.90 Å². The van der Waals surface area contributed by atoms with Gasteiger partial charge in [-0.1, -0.05) is 23.7 Å². The molecule has 1 fully saturated rings. The van der Waals surface area contributed by atoms with Crippen LogP contribution in [-0.4, -0.2) is 59.7 Å². The van der Waals surface area contributed by atoms with Crippen molar-refractivity contribution >= 4 is 35.5 Å². The molecule has 1 heterocycles. The van der Waals surface area contributed by atoms with Gasteiger partial charge in [-0.2, -0.15) is 13.2 Å². The minimum Gasteiger partial charge on any atom is -0.474 e. The molecule has 1 aliphatic rings. The van der Waals surface area contributed by atoms with Gasteiger partial charge in [0.25, 0.3) is 0 Å². The van der Waals surface area contributed by atoms with Crippen molar-refractivity contribution in [2.75, 3.05) is 13.2 Å². The van der Waals surface area contributed by atoms with Crippen molar-refractivity contribution in [1.29, 1.82) is 0 Å². The van der Waals surface area contributed by atoms with Crippen LogP contribution in [0, 0.1) is 0 Å². The van der Waals surface area contributed by atoms with E-state index in [1.807, 2.05) is 0 Å². The van der Waals surface area contributed by atoms with Gasteiger partial charge in [-0.3, -0.25) is 4.90 Å². The molecule has 0 aliphatic carbocycles. The summed E-state index contributed by atoms with van der Waals surface area (Å²) in [7, 11) is 0. The maximum Gasteiger partial charge on any atom is 0.428 e. The Morgan fingerprint density at radius 1 is 1.34 bits per heavy atom. The van der Waals surface area contributed by atoms with Gasteiger partial charge in [-0.15, -0.1) is 0 Å². The summed E-state index contributed by atoms with van der Waals surface area (Å²) in [6, 6.07) is 6.47. The highest BCUT2D eigenvalue weighted by molar-refractivity contribution is 7.78. The van der Waals surface area contributed by atoms with Crippen LogP contribution in [0.1, 0.15) is 26.3 Å². The molecule has 2 rings (SSSR count). The Bertz CT molecular complexity index is 709. The van der Waals surface area contributed by atoms with E-state index in [2.05, 4.69) is 17.0 Å². The smallest absolute Gasteiger partial charge is 0.428 e. The lowest BCUT2D eigenvalue weighted by molar-refractivity contribution is -0.240. The fraction of sp³-hybridized carbons (Fsp3) is 0.579. The van der Waals surface area contributed by atoms with Crippen LogP contribution in [0.3, 0.4) is 0 Å². The maximum atomic E-state index is 13.4. The van der Waals surface area contributed by atoms with Gasteiger partial charge in [0.05, 0.1) is 19.2 Å². The SMILES string of the molecule is CC(C)(C)OC(=O)N1CC(C(OC=S)C(F)(F)F)OCC1Cc1ccc(Cl)cc1. The minimum atomic E-state index is -4.71. The zero-order chi connectivity index (χ0) is 21.8. The molecule has 0 radical (unpaired) electrons. The summed E-state index contributed by atoms with van der Waals surface area (Å²) in [4.78, 5) is 14.0. The Morgan fingerprint density at radius 2 is 1.97 bits per heavy atom. The first kappa shape index (κ1) is 23.7. The molecule has 162 valence electrons. The highest BCUT2D eigenvalue weighted by atomic mass is 35.5. The van der Waals surface area contributed by atoms with Gasteiger partial charge < -0.3 is 14.2 Å². The van der Waals surface area contributed by atoms with E-state index in [0.29, 0.717) is 17.0 Å². The molecule has 10 heteroatoms. The Kier molecular flexibility index (Phi) is 7.75. The minimum absolute atomic E-state index is 0.111. The van der Waals surface area contributed by atoms with Crippen LogP contribution >= 0.6 is 23.8 Å². The predicted octanol–water partition coefficient (Wildman–Crippen LogP) is 4.79. The normalized spacial score (nSPS) is 21.4. The lowest BCUT2D eigenvalue weighted by atomic mass is 10.0. The molecular weight excluding hydrogens is 431 g/mol. The highest BCUT2D eigenvalue weighted by Crippen LogP contribution is 2.30. The molecule has 0 N–H and O–H groups in total. The van der Waals surface area contributed by atoms with Gasteiger partial charge in [0, 0.05) is 5.02 Å². The molecule has 0 saturated carbocycles. The van der Waals surface area contributed by atoms with Crippen LogP contribution in [0.4, 0.5) is 18.0 Å². The van der Waals surface area contributed by atoms with E-state index in [-0.39, 0.29) is 13.2 Å². The van der Waals surface area contributed by atoms with Gasteiger partial charge in [-0.05, 0) is 57.1 Å². The van der Waals surface area contributed by atoms with Crippen LogP contribution in [-0.2, 0) is 20.6 Å². The second-order valence-corrected chi connectivity index (χ2v) is 8.31. The number of alkyl halides is 3. The van der Waals surface area contributed by atoms with E-state index in [0.717, 1.165) is 5.56 Å². The molecule has 1 aromatic carbocycles. The van der Waals surface area contributed by atoms with Crippen molar-refractivity contribution < 1.29 is 32.2 Å². The lowest BCUT2D eigenvalue weighted by Gasteiger charge is -2.42. The van der Waals surface area contributed by atoms with Crippen molar-refractivity contribution in [2.24, 2.45) is 0 Å². The molecule has 3 atom stereocenters. The van der Waals surface area contributed by atoms with Gasteiger partial charge >= 0.3 is 12.3 Å². The molecule has 1 saturated heterocycles. The number of benzene rings is 1. The van der Waals surface area contributed by atoms with Crippen LogP contribution in [0.5, 0.6) is 0 Å². The van der Waals surface area contributed by atoms with Crippen LogP contribution < -0.4 is 0 Å². The summed E-state index contributed by atoms with van der Waals surface area (Å²) >= 11 is 10.3. The number of thiocarbonyl (C=S) groups is 1. The number of rotatable bonds is 5. The van der Waals surface area contributed by atoms with Crippen molar-refractivity contribution in [3.63, 3.8) is 0 Å². The van der Waals surface area contributed by atoms with E-state index < -0.39 is 36.1 Å². The zero-order valence-electron chi connectivity index (χ0n) is 16.2. The van der Waals surface area contributed by atoms with Crippen molar-refractivity contribution in [3.05, 3.63) is 34.9 Å². The first-order chi connectivity index (χ1) is 13.4. The molecule has 3 unspecified atom stereocenters. The summed E-state index contributed by atoms with van der Waals surface area (Å²) in [5.41, 5.74) is 0.612. The van der Waals surface area contributed by atoms with Gasteiger partial charge in [0.1, 0.15) is 17.3 Å². The van der Waals surface area contributed by atoms with E-state index in [1.54, 1.807) is 45.0 Å². The number of morpholine rings is 1. The number of amides is 1. The third kappa shape index (κ3) is 7.01. The van der Waals surface area contributed by atoms with Gasteiger partial charge in [-0.25, -0.2) is 4.79 Å². The molecule has 0 aromatic heterocycles. The predicted molar refractivity (Wildman–Crippen MR) is 106 cm³/mol. The highest BCUT2D eigenvalue weighted by Gasteiger charge is 2.50. The number of hydrogen-bond donors (Lipinski definition) is 0. The first-order valence-corrected chi connectivity index (χ1v) is 9.77. The average Bonchev–Trinajstić information content (AvgIpc) is 2.59. The van der Waals surface area contributed by atoms with E-state index in [4.69, 9.17) is 21.1 Å². The number of hydrogen-bond acceptors (Lipinski definition) is 5. The quantitative estimate of drug-likeness (QED) is 0.600. The standard InChI is InChI=1S/C19H23ClF3NO4S/c1-18(2,3)28-17(25)24-9-15(16(27-11-29)19(21,22)23)26-10-14(24)8-12-4-6-13(20)7-5-12/h4-7,11,14-16H,8-10H2,1-3H3. The molecule has 1 aliphatic heterocycles. The summed E-state index contributed by atoms with van der Waals surface area (Å²) in [5, 5.41) is 0.558. The van der Waals surface area contributed by atoms with Crippen LogP contribution in [0.2, 0.25) is 5.02 Å². The summed E-state index contributed by atoms with van der Waals surface area (Å²) in [6.45, 7) is 4.60. The maximum absolute atomic E-state index is 13.4. The molecule has 0 spiro atoms. The molecule has 5 nitrogen and oxygen atoms in total. The first-order valence-electron chi connectivity index (χ1n) is 8.92. The number of carbonyl (C=O) groups excluding carboxylic acids is 1. The molecule has 29 heavy (non-hydrogen) atoms. The Labute approximate surface area is 178 Å². The number of nitrogens with zero attached hydrogens (tertiary/aromatic N) is 1. The van der Waals surface area contributed by atoms with E-state index in [1.165, 1.54) is 4.90 Å². The van der Waals surface area contributed by atoms with E-state index >= 15 is 0 Å². The van der Waals surface area contributed by atoms with Gasteiger partial charge in [0.15, 0.2) is 0 Å². The van der Waals surface area contributed by atoms with Crippen molar-refractivity contribution in [2.45, 2.75) is 57.2 Å². The summed E-state index contributed by atoms with van der Waals surface area (Å²) < 4.78 is 55.5. The molecule has 1 aromatic rings. The molecule has 0 bridgehead atoms. The third-order valence-corrected chi connectivity index (χ3v) is 4.56. The fourth-order valence-electron chi connectivity index (χ4n) is 2.94. The zero-order valence-corrected chi connectivity index (χ0v) is 17.8. The van der Waals surface area contributed by atoms with Crippen LogP contribution in [0.15, 0.2) is 24.3 Å². The molecular formula is C19H23ClF3NO4S. The van der Waals surface area contributed by atoms with Crippen LogP contribution in [0.25, 0.3) is 0 Å². The number of ether oxygens (including phenoxy) is 3. The Morgan fingerprint density at radius 3 is 2.48 bits per heavy atom. The van der Waals surface area contributed by atoms with Crippen molar-refractivity contribution in [3.8, 4) is 0 Å².